The van der Waals surface area contributed by atoms with Crippen LogP contribution in [0.1, 0.15) is 16.1 Å². The smallest absolute Gasteiger partial charge is 0.434 e. The molecule has 0 bridgehead atoms. The van der Waals surface area contributed by atoms with E-state index in [4.69, 9.17) is 5.11 Å². The van der Waals surface area contributed by atoms with Gasteiger partial charge < -0.3 is 20.3 Å². The van der Waals surface area contributed by atoms with Gasteiger partial charge in [0.25, 0.3) is 10.0 Å². The van der Waals surface area contributed by atoms with Crippen LogP contribution in [0.4, 0.5) is 5.95 Å². The molecule has 0 amide bonds. The lowest BCUT2D eigenvalue weighted by Crippen LogP contribution is -2.19. The van der Waals surface area contributed by atoms with Crippen molar-refractivity contribution in [1.82, 2.24) is 14.4 Å². The van der Waals surface area contributed by atoms with Gasteiger partial charge in [-0.25, -0.2) is 9.36 Å². The van der Waals surface area contributed by atoms with Crippen LogP contribution in [0.5, 0.6) is 5.75 Å². The molecule has 1 heterocycles. The highest BCUT2D eigenvalue weighted by molar-refractivity contribution is 7.89. The standard InChI is InChI=1S/C12H11N5O7S/c1-16-7(5-13-12(16)17(21)22)6-14-15-25(23,24)8-2-3-10(18)9(4-8)11(19)20/h2-6,15,18H,1H3,(H,19,20)/b14-6-. The van der Waals surface area contributed by atoms with E-state index in [1.165, 1.54) is 7.05 Å². The molecule has 1 aromatic carbocycles. The summed E-state index contributed by atoms with van der Waals surface area (Å²) in [5.74, 6) is -2.54. The lowest BCUT2D eigenvalue weighted by molar-refractivity contribution is -0.396. The van der Waals surface area contributed by atoms with Gasteiger partial charge in [-0.2, -0.15) is 18.4 Å². The van der Waals surface area contributed by atoms with E-state index in [0.717, 1.165) is 35.2 Å². The number of hydrazone groups is 1. The van der Waals surface area contributed by atoms with Crippen molar-refractivity contribution >= 4 is 28.2 Å². The number of carboxylic acid groups (broad SMARTS) is 1. The summed E-state index contributed by atoms with van der Waals surface area (Å²) in [5.41, 5.74) is -0.430. The molecule has 132 valence electrons. The molecule has 0 spiro atoms. The van der Waals surface area contributed by atoms with Crippen LogP contribution in [0.2, 0.25) is 0 Å². The highest BCUT2D eigenvalue weighted by Gasteiger charge is 2.19. The van der Waals surface area contributed by atoms with E-state index in [9.17, 15) is 28.4 Å². The zero-order valence-corrected chi connectivity index (χ0v) is 13.3. The number of nitrogens with zero attached hydrogens (tertiary/aromatic N) is 4. The van der Waals surface area contributed by atoms with Crippen LogP contribution in [0.3, 0.4) is 0 Å². The Hall–Kier alpha value is -3.48. The quantitative estimate of drug-likeness (QED) is 0.363. The molecule has 25 heavy (non-hydrogen) atoms. The van der Waals surface area contributed by atoms with Crippen molar-refractivity contribution in [2.75, 3.05) is 0 Å². The predicted octanol–water partition coefficient (Wildman–Crippen LogP) is 0.0445. The first kappa shape index (κ1) is 17.9. The minimum atomic E-state index is -4.21. The topological polar surface area (TPSA) is 177 Å². The summed E-state index contributed by atoms with van der Waals surface area (Å²) in [5, 5.41) is 32.4. The number of sulfonamides is 1. The number of hydrogen-bond donors (Lipinski definition) is 3. The van der Waals surface area contributed by atoms with E-state index in [1.807, 2.05) is 4.83 Å². The Labute approximate surface area is 140 Å². The summed E-state index contributed by atoms with van der Waals surface area (Å²) in [4.78, 5) is 25.8. The number of rotatable bonds is 6. The van der Waals surface area contributed by atoms with Gasteiger partial charge in [0.15, 0.2) is 5.69 Å². The van der Waals surface area contributed by atoms with Crippen molar-refractivity contribution in [2.24, 2.45) is 12.1 Å². The molecule has 3 N–H and O–H groups in total. The fourth-order valence-corrected chi connectivity index (χ4v) is 2.59. The van der Waals surface area contributed by atoms with Crippen LogP contribution < -0.4 is 4.83 Å². The maximum Gasteiger partial charge on any atom is 0.434 e. The minimum absolute atomic E-state index is 0.159. The van der Waals surface area contributed by atoms with Gasteiger partial charge in [-0.05, 0) is 23.1 Å². The summed E-state index contributed by atoms with van der Waals surface area (Å²) in [7, 11) is -2.86. The lowest BCUT2D eigenvalue weighted by atomic mass is 10.2. The third-order valence-corrected chi connectivity index (χ3v) is 4.26. The fourth-order valence-electron chi connectivity index (χ4n) is 1.77. The number of benzene rings is 1. The number of aromatic carboxylic acids is 1. The maximum atomic E-state index is 12.1. The zero-order chi connectivity index (χ0) is 18.8. The van der Waals surface area contributed by atoms with Gasteiger partial charge in [-0.1, -0.05) is 4.98 Å². The normalized spacial score (nSPS) is 11.6. The van der Waals surface area contributed by atoms with E-state index in [0.29, 0.717) is 0 Å². The molecule has 0 aliphatic heterocycles. The molecule has 0 saturated heterocycles. The second kappa shape index (κ2) is 6.56. The van der Waals surface area contributed by atoms with Gasteiger partial charge in [0.05, 0.1) is 18.2 Å². The average molecular weight is 369 g/mol. The first-order valence-corrected chi connectivity index (χ1v) is 7.89. The largest absolute Gasteiger partial charge is 0.507 e. The number of nitrogens with one attached hydrogen (secondary N) is 1. The van der Waals surface area contributed by atoms with E-state index < -0.39 is 43.1 Å². The molecule has 0 saturated carbocycles. The fraction of sp³-hybridized carbons (Fsp3) is 0.0833. The number of imidazole rings is 1. The molecule has 1 aromatic heterocycles. The lowest BCUT2D eigenvalue weighted by Gasteiger charge is -2.05. The minimum Gasteiger partial charge on any atom is -0.507 e. The first-order chi connectivity index (χ1) is 11.6. The van der Waals surface area contributed by atoms with E-state index in [1.54, 1.807) is 0 Å². The third kappa shape index (κ3) is 3.72. The van der Waals surface area contributed by atoms with Gasteiger partial charge in [0.1, 0.15) is 17.5 Å². The summed E-state index contributed by atoms with van der Waals surface area (Å²) in [6.45, 7) is 0. The highest BCUT2D eigenvalue weighted by Crippen LogP contribution is 2.21. The van der Waals surface area contributed by atoms with Crippen LogP contribution in [0.25, 0.3) is 0 Å². The number of nitro groups is 1. The van der Waals surface area contributed by atoms with Crippen molar-refractivity contribution < 1.29 is 28.3 Å². The molecule has 13 heteroatoms. The van der Waals surface area contributed by atoms with Gasteiger partial charge in [0.2, 0.25) is 0 Å². The molecule has 0 fully saturated rings. The summed E-state index contributed by atoms with van der Waals surface area (Å²) in [6.07, 6.45) is 2.12. The summed E-state index contributed by atoms with van der Waals surface area (Å²) >= 11 is 0. The zero-order valence-electron chi connectivity index (χ0n) is 12.5. The first-order valence-electron chi connectivity index (χ1n) is 6.41. The van der Waals surface area contributed by atoms with Crippen molar-refractivity contribution in [3.05, 3.63) is 45.8 Å². The second-order valence-electron chi connectivity index (χ2n) is 4.64. The molecule has 0 aliphatic carbocycles. The van der Waals surface area contributed by atoms with Crippen LogP contribution in [0, 0.1) is 10.1 Å². The SMILES string of the molecule is Cn1c(/C=N\NS(=O)(=O)c2ccc(O)c(C(=O)O)c2)cnc1[N+](=O)[O-]. The maximum absolute atomic E-state index is 12.1. The Kier molecular flexibility index (Phi) is 4.69. The molecule has 12 nitrogen and oxygen atoms in total. The van der Waals surface area contributed by atoms with E-state index in [-0.39, 0.29) is 5.69 Å². The molecular formula is C12H11N5O7S. The molecule has 0 unspecified atom stereocenters. The van der Waals surface area contributed by atoms with Gasteiger partial charge in [0, 0.05) is 0 Å². The van der Waals surface area contributed by atoms with Crippen LogP contribution in [0.15, 0.2) is 34.4 Å². The number of phenols is 1. The number of hydrogen-bond acceptors (Lipinski definition) is 8. The Morgan fingerprint density at radius 2 is 2.16 bits per heavy atom. The summed E-state index contributed by atoms with van der Waals surface area (Å²) < 4.78 is 25.2. The molecule has 0 atom stereocenters. The van der Waals surface area contributed by atoms with Crippen LogP contribution in [-0.4, -0.2) is 45.3 Å². The molecule has 0 radical (unpaired) electrons. The molecule has 0 aliphatic rings. The number of carbonyl (C=O) groups is 1. The Balaban J connectivity index is 2.24. The predicted molar refractivity (Wildman–Crippen MR) is 82.8 cm³/mol. The number of carboxylic acids is 1. The van der Waals surface area contributed by atoms with Gasteiger partial charge in [-0.3, -0.25) is 0 Å². The van der Waals surface area contributed by atoms with Crippen LogP contribution in [-0.2, 0) is 17.1 Å². The Bertz CT molecular complexity index is 980. The average Bonchev–Trinajstić information content (AvgIpc) is 2.88. The molecule has 2 rings (SSSR count). The Morgan fingerprint density at radius 3 is 2.72 bits per heavy atom. The van der Waals surface area contributed by atoms with Gasteiger partial charge >= 0.3 is 11.9 Å². The number of aromatic nitrogens is 2. The summed E-state index contributed by atoms with van der Waals surface area (Å²) in [6, 6.07) is 2.69. The molecular weight excluding hydrogens is 358 g/mol. The molecule has 2 aromatic rings. The van der Waals surface area contributed by atoms with E-state index >= 15 is 0 Å². The van der Waals surface area contributed by atoms with Crippen molar-refractivity contribution in [3.8, 4) is 5.75 Å². The van der Waals surface area contributed by atoms with E-state index in [2.05, 4.69) is 10.1 Å². The number of aromatic hydroxyl groups is 1. The Morgan fingerprint density at radius 1 is 1.48 bits per heavy atom. The van der Waals surface area contributed by atoms with Crippen LogP contribution >= 0.6 is 0 Å². The highest BCUT2D eigenvalue weighted by atomic mass is 32.2. The van der Waals surface area contributed by atoms with Gasteiger partial charge in [-0.15, -0.1) is 0 Å². The van der Waals surface area contributed by atoms with Crippen molar-refractivity contribution in [1.29, 1.82) is 0 Å². The van der Waals surface area contributed by atoms with Crippen molar-refractivity contribution in [2.45, 2.75) is 4.90 Å². The third-order valence-electron chi connectivity index (χ3n) is 3.04. The monoisotopic (exact) mass is 369 g/mol. The second-order valence-corrected chi connectivity index (χ2v) is 6.30. The van der Waals surface area contributed by atoms with Crippen molar-refractivity contribution in [3.63, 3.8) is 0 Å².